The van der Waals surface area contributed by atoms with Gasteiger partial charge in [-0.1, -0.05) is 26.0 Å². The van der Waals surface area contributed by atoms with E-state index in [2.05, 4.69) is 23.5 Å². The number of amides is 1. The van der Waals surface area contributed by atoms with Gasteiger partial charge in [-0.05, 0) is 29.9 Å². The van der Waals surface area contributed by atoms with Gasteiger partial charge in [0.05, 0.1) is 6.61 Å². The highest BCUT2D eigenvalue weighted by molar-refractivity contribution is 5.77. The molecule has 0 radical (unpaired) electrons. The Balaban J connectivity index is 1.61. The molecule has 1 fully saturated rings. The molecular weight excluding hydrogens is 238 g/mol. The molecule has 1 aromatic carbocycles. The molecule has 1 N–H and O–H groups in total. The van der Waals surface area contributed by atoms with E-state index in [-0.39, 0.29) is 11.8 Å². The molecule has 0 unspecified atom stereocenters. The molecule has 0 saturated heterocycles. The van der Waals surface area contributed by atoms with Gasteiger partial charge in [0.1, 0.15) is 5.75 Å². The third-order valence-electron chi connectivity index (χ3n) is 4.16. The van der Waals surface area contributed by atoms with Crippen LogP contribution >= 0.6 is 0 Å². The van der Waals surface area contributed by atoms with Crippen molar-refractivity contribution in [2.75, 3.05) is 13.2 Å². The molecule has 1 heterocycles. The first kappa shape index (κ1) is 12.5. The average Bonchev–Trinajstić information content (AvgIpc) is 3.00. The summed E-state index contributed by atoms with van der Waals surface area (Å²) in [7, 11) is 0. The number of rotatable bonds is 4. The molecule has 19 heavy (non-hydrogen) atoms. The zero-order valence-corrected chi connectivity index (χ0v) is 11.6. The summed E-state index contributed by atoms with van der Waals surface area (Å²) in [6.45, 7) is 5.49. The molecular formula is C16H21NO2. The second-order valence-electron chi connectivity index (χ2n) is 5.92. The van der Waals surface area contributed by atoms with Crippen LogP contribution in [0, 0.1) is 11.8 Å². The Kier molecular flexibility index (Phi) is 3.21. The average molecular weight is 259 g/mol. The number of carbonyl (C=O) groups is 1. The predicted molar refractivity (Wildman–Crippen MR) is 74.3 cm³/mol. The zero-order chi connectivity index (χ0) is 13.4. The SMILES string of the molecule is CC(C)C(=O)NC[C@@H]1C[C@@H]1c1cccc2c1CCO2. The monoisotopic (exact) mass is 259 g/mol. The molecule has 0 aromatic heterocycles. The highest BCUT2D eigenvalue weighted by Gasteiger charge is 2.40. The number of ether oxygens (including phenoxy) is 1. The number of carbonyl (C=O) groups excluding carboxylic acids is 1. The van der Waals surface area contributed by atoms with Crippen molar-refractivity contribution in [1.29, 1.82) is 0 Å². The normalized spacial score (nSPS) is 23.9. The van der Waals surface area contributed by atoms with E-state index in [4.69, 9.17) is 4.74 Å². The summed E-state index contributed by atoms with van der Waals surface area (Å²) in [5, 5.41) is 3.04. The van der Waals surface area contributed by atoms with E-state index in [1.165, 1.54) is 17.5 Å². The molecule has 2 atom stereocenters. The Bertz CT molecular complexity index is 496. The van der Waals surface area contributed by atoms with Crippen LogP contribution in [0.15, 0.2) is 18.2 Å². The van der Waals surface area contributed by atoms with E-state index in [1.54, 1.807) is 0 Å². The minimum atomic E-state index is 0.0755. The van der Waals surface area contributed by atoms with Crippen LogP contribution in [-0.4, -0.2) is 19.1 Å². The van der Waals surface area contributed by atoms with Crippen molar-refractivity contribution < 1.29 is 9.53 Å². The number of hydrogen-bond donors (Lipinski definition) is 1. The van der Waals surface area contributed by atoms with Gasteiger partial charge in [0.15, 0.2) is 0 Å². The van der Waals surface area contributed by atoms with Gasteiger partial charge in [-0.25, -0.2) is 0 Å². The molecule has 1 aliphatic heterocycles. The molecule has 1 aliphatic carbocycles. The van der Waals surface area contributed by atoms with E-state index in [9.17, 15) is 4.79 Å². The lowest BCUT2D eigenvalue weighted by Gasteiger charge is -2.09. The Hall–Kier alpha value is -1.51. The molecule has 2 aliphatic rings. The van der Waals surface area contributed by atoms with Crippen molar-refractivity contribution in [2.24, 2.45) is 11.8 Å². The number of fused-ring (bicyclic) bond motifs is 1. The first-order chi connectivity index (χ1) is 9.16. The van der Waals surface area contributed by atoms with Crippen molar-refractivity contribution in [2.45, 2.75) is 32.6 Å². The Morgan fingerprint density at radius 3 is 3.11 bits per heavy atom. The fraction of sp³-hybridized carbons (Fsp3) is 0.562. The van der Waals surface area contributed by atoms with Gasteiger partial charge in [0, 0.05) is 24.4 Å². The molecule has 0 bridgehead atoms. The molecule has 102 valence electrons. The first-order valence-corrected chi connectivity index (χ1v) is 7.19. The number of nitrogens with one attached hydrogen (secondary N) is 1. The summed E-state index contributed by atoms with van der Waals surface area (Å²) in [5.74, 6) is 2.52. The lowest BCUT2D eigenvalue weighted by Crippen LogP contribution is -2.29. The summed E-state index contributed by atoms with van der Waals surface area (Å²) >= 11 is 0. The van der Waals surface area contributed by atoms with Crippen LogP contribution in [0.25, 0.3) is 0 Å². The van der Waals surface area contributed by atoms with Crippen LogP contribution < -0.4 is 10.1 Å². The smallest absolute Gasteiger partial charge is 0.222 e. The maximum absolute atomic E-state index is 11.6. The van der Waals surface area contributed by atoms with Gasteiger partial charge in [0.25, 0.3) is 0 Å². The lowest BCUT2D eigenvalue weighted by atomic mass is 10.00. The Labute approximate surface area is 114 Å². The van der Waals surface area contributed by atoms with Crippen LogP contribution in [0.5, 0.6) is 5.75 Å². The topological polar surface area (TPSA) is 38.3 Å². The first-order valence-electron chi connectivity index (χ1n) is 7.19. The van der Waals surface area contributed by atoms with Gasteiger partial charge in [-0.3, -0.25) is 4.79 Å². The summed E-state index contributed by atoms with van der Waals surface area (Å²) in [5.41, 5.74) is 2.84. The molecule has 1 amide bonds. The molecule has 3 nitrogen and oxygen atoms in total. The summed E-state index contributed by atoms with van der Waals surface area (Å²) in [4.78, 5) is 11.6. The number of hydrogen-bond acceptors (Lipinski definition) is 2. The minimum absolute atomic E-state index is 0.0755. The maximum Gasteiger partial charge on any atom is 0.222 e. The zero-order valence-electron chi connectivity index (χ0n) is 11.6. The molecule has 1 aromatic rings. The third-order valence-corrected chi connectivity index (χ3v) is 4.16. The van der Waals surface area contributed by atoms with Gasteiger partial charge in [-0.15, -0.1) is 0 Å². The van der Waals surface area contributed by atoms with Crippen molar-refractivity contribution in [3.8, 4) is 5.75 Å². The summed E-state index contributed by atoms with van der Waals surface area (Å²) < 4.78 is 5.61. The molecule has 1 saturated carbocycles. The van der Waals surface area contributed by atoms with E-state index in [1.807, 2.05) is 13.8 Å². The third kappa shape index (κ3) is 2.46. The minimum Gasteiger partial charge on any atom is -0.493 e. The van der Waals surface area contributed by atoms with Crippen LogP contribution in [0.1, 0.15) is 37.3 Å². The van der Waals surface area contributed by atoms with Crippen molar-refractivity contribution in [3.63, 3.8) is 0 Å². The van der Waals surface area contributed by atoms with Crippen LogP contribution in [0.2, 0.25) is 0 Å². The summed E-state index contributed by atoms with van der Waals surface area (Å²) in [6.07, 6.45) is 2.22. The van der Waals surface area contributed by atoms with Crippen LogP contribution in [-0.2, 0) is 11.2 Å². The van der Waals surface area contributed by atoms with E-state index < -0.39 is 0 Å². The highest BCUT2D eigenvalue weighted by atomic mass is 16.5. The molecule has 3 rings (SSSR count). The lowest BCUT2D eigenvalue weighted by molar-refractivity contribution is -0.124. The van der Waals surface area contributed by atoms with Crippen molar-refractivity contribution >= 4 is 5.91 Å². The van der Waals surface area contributed by atoms with Crippen molar-refractivity contribution in [1.82, 2.24) is 5.32 Å². The van der Waals surface area contributed by atoms with E-state index >= 15 is 0 Å². The van der Waals surface area contributed by atoms with Crippen LogP contribution in [0.3, 0.4) is 0 Å². The highest BCUT2D eigenvalue weighted by Crippen LogP contribution is 2.50. The van der Waals surface area contributed by atoms with Crippen molar-refractivity contribution in [3.05, 3.63) is 29.3 Å². The second kappa shape index (κ2) is 4.87. The summed E-state index contributed by atoms with van der Waals surface area (Å²) in [6, 6.07) is 6.37. The Morgan fingerprint density at radius 1 is 1.47 bits per heavy atom. The van der Waals surface area contributed by atoms with Gasteiger partial charge in [-0.2, -0.15) is 0 Å². The molecule has 3 heteroatoms. The fourth-order valence-electron chi connectivity index (χ4n) is 2.89. The van der Waals surface area contributed by atoms with Gasteiger partial charge >= 0.3 is 0 Å². The molecule has 0 spiro atoms. The quantitative estimate of drug-likeness (QED) is 0.902. The Morgan fingerprint density at radius 2 is 2.32 bits per heavy atom. The van der Waals surface area contributed by atoms with Crippen LogP contribution in [0.4, 0.5) is 0 Å². The van der Waals surface area contributed by atoms with E-state index in [0.717, 1.165) is 25.3 Å². The predicted octanol–water partition coefficient (Wildman–Crippen LogP) is 2.50. The largest absolute Gasteiger partial charge is 0.493 e. The second-order valence-corrected chi connectivity index (χ2v) is 5.92. The van der Waals surface area contributed by atoms with Gasteiger partial charge < -0.3 is 10.1 Å². The fourth-order valence-corrected chi connectivity index (χ4v) is 2.89. The maximum atomic E-state index is 11.6. The van der Waals surface area contributed by atoms with Gasteiger partial charge in [0.2, 0.25) is 5.91 Å². The standard InChI is InChI=1S/C16H21NO2/c1-10(2)16(18)17-9-11-8-14(11)12-4-3-5-15-13(12)6-7-19-15/h3-5,10-11,14H,6-9H2,1-2H3,(H,17,18)/t11-,14-/m0/s1. The van der Waals surface area contributed by atoms with E-state index in [0.29, 0.717) is 11.8 Å². The number of benzene rings is 1.